The fourth-order valence-electron chi connectivity index (χ4n) is 4.28. The second kappa shape index (κ2) is 14.4. The van der Waals surface area contributed by atoms with Crippen molar-refractivity contribution in [3.05, 3.63) is 5.21 Å². The summed E-state index contributed by atoms with van der Waals surface area (Å²) in [6, 6.07) is 0. The highest BCUT2D eigenvalue weighted by Gasteiger charge is 2.51. The van der Waals surface area contributed by atoms with E-state index in [1.165, 1.54) is 0 Å². The third-order valence-electron chi connectivity index (χ3n) is 6.59. The molecule has 19 heteroatoms. The second-order valence-corrected chi connectivity index (χ2v) is 9.32. The first-order chi connectivity index (χ1) is 18.4. The summed E-state index contributed by atoms with van der Waals surface area (Å²) < 4.78 is 32.1. The first-order valence-electron chi connectivity index (χ1n) is 12.1. The molecule has 230 valence electrons. The van der Waals surface area contributed by atoms with E-state index >= 15 is 0 Å². The standard InChI is InChI=1S/C20H37N2O17/c1-22(33)21-5-35-19-16(32)17(11(27)7(3-24)37-19)39-20-15(31)13(29)10(26)8(38-20)4-34-18-14(30)12(28)9(25)6(2-23)36-18/h6-21,23-32H,2-5H2,1H3/q-1. The molecule has 39 heavy (non-hydrogen) atoms. The molecule has 3 aliphatic heterocycles. The number of ether oxygens (including phenoxy) is 6. The molecule has 3 saturated heterocycles. The number of aliphatic hydroxyl groups excluding tert-OH is 10. The molecule has 0 aromatic rings. The van der Waals surface area contributed by atoms with Crippen LogP contribution in [0.15, 0.2) is 0 Å². The molecule has 0 aliphatic carbocycles. The Kier molecular flexibility index (Phi) is 12.1. The molecule has 0 spiro atoms. The molecule has 15 atom stereocenters. The number of rotatable bonds is 11. The zero-order chi connectivity index (χ0) is 29.0. The van der Waals surface area contributed by atoms with Crippen LogP contribution in [-0.4, -0.2) is 182 Å². The lowest BCUT2D eigenvalue weighted by atomic mass is 9.97. The molecule has 3 fully saturated rings. The lowest BCUT2D eigenvalue weighted by Crippen LogP contribution is -2.65. The highest BCUT2D eigenvalue weighted by molar-refractivity contribution is 4.95. The Balaban J connectivity index is 1.67. The molecule has 11 N–H and O–H groups in total. The molecule has 0 radical (unpaired) electrons. The van der Waals surface area contributed by atoms with Crippen molar-refractivity contribution in [3.63, 3.8) is 0 Å². The van der Waals surface area contributed by atoms with E-state index in [0.29, 0.717) is 5.17 Å². The number of nitrogens with one attached hydrogen (secondary N) is 1. The van der Waals surface area contributed by atoms with Gasteiger partial charge in [-0.15, -0.1) is 0 Å². The van der Waals surface area contributed by atoms with E-state index in [0.717, 1.165) is 7.05 Å². The van der Waals surface area contributed by atoms with Gasteiger partial charge in [-0.2, -0.15) is 0 Å². The van der Waals surface area contributed by atoms with Gasteiger partial charge in [-0.05, 0) is 7.05 Å². The second-order valence-electron chi connectivity index (χ2n) is 9.32. The summed E-state index contributed by atoms with van der Waals surface area (Å²) in [6.45, 7) is -2.53. The van der Waals surface area contributed by atoms with Gasteiger partial charge in [0.15, 0.2) is 18.9 Å². The third-order valence-corrected chi connectivity index (χ3v) is 6.59. The Morgan fingerprint density at radius 3 is 1.69 bits per heavy atom. The van der Waals surface area contributed by atoms with Crippen molar-refractivity contribution in [2.45, 2.75) is 92.1 Å². The van der Waals surface area contributed by atoms with Crippen molar-refractivity contribution in [3.8, 4) is 0 Å². The quantitative estimate of drug-likeness (QED) is 0.0802. The van der Waals surface area contributed by atoms with Crippen LogP contribution in [0.5, 0.6) is 0 Å². The zero-order valence-corrected chi connectivity index (χ0v) is 20.8. The average molecular weight is 578 g/mol. The van der Waals surface area contributed by atoms with Crippen LogP contribution in [0, 0.1) is 5.21 Å². The minimum absolute atomic E-state index is 0.312. The van der Waals surface area contributed by atoms with E-state index in [4.69, 9.17) is 28.4 Å². The summed E-state index contributed by atoms with van der Waals surface area (Å²) in [7, 11) is 1.13. The van der Waals surface area contributed by atoms with Gasteiger partial charge in [0.2, 0.25) is 0 Å². The lowest BCUT2D eigenvalue weighted by molar-refractivity contribution is -0.366. The maximum absolute atomic E-state index is 11.0. The molecular weight excluding hydrogens is 540 g/mol. The highest BCUT2D eigenvalue weighted by Crippen LogP contribution is 2.30. The molecular formula is C20H37N2O17-. The summed E-state index contributed by atoms with van der Waals surface area (Å²) >= 11 is 0. The van der Waals surface area contributed by atoms with Gasteiger partial charge >= 0.3 is 0 Å². The van der Waals surface area contributed by atoms with Crippen molar-refractivity contribution < 1.29 is 79.5 Å². The van der Waals surface area contributed by atoms with Crippen LogP contribution >= 0.6 is 0 Å². The van der Waals surface area contributed by atoms with E-state index < -0.39 is 119 Å². The number of nitrogens with zero attached hydrogens (tertiary/aromatic N) is 1. The molecule has 15 unspecified atom stereocenters. The smallest absolute Gasteiger partial charge is 0.188 e. The van der Waals surface area contributed by atoms with Crippen LogP contribution in [0.3, 0.4) is 0 Å². The minimum Gasteiger partial charge on any atom is -0.772 e. The van der Waals surface area contributed by atoms with Crippen LogP contribution in [0.2, 0.25) is 0 Å². The molecule has 19 nitrogen and oxygen atoms in total. The zero-order valence-electron chi connectivity index (χ0n) is 20.8. The minimum atomic E-state index is -1.91. The maximum Gasteiger partial charge on any atom is 0.188 e. The van der Waals surface area contributed by atoms with Crippen LogP contribution in [0.1, 0.15) is 0 Å². The van der Waals surface area contributed by atoms with E-state index in [1.54, 1.807) is 0 Å². The third kappa shape index (κ3) is 7.55. The molecule has 0 aromatic carbocycles. The topological polar surface area (TPSA) is 296 Å². The van der Waals surface area contributed by atoms with Gasteiger partial charge in [0.25, 0.3) is 0 Å². The van der Waals surface area contributed by atoms with Gasteiger partial charge < -0.3 is 89.9 Å². The SMILES string of the molecule is CN([O-])NCOC1OC(CO)C(O)C(OC2OC(COC3OC(CO)C(O)C(O)C3O)C(O)C(O)C2O)C1O. The predicted molar refractivity (Wildman–Crippen MR) is 119 cm³/mol. The predicted octanol–water partition coefficient (Wildman–Crippen LogP) is -7.66. The van der Waals surface area contributed by atoms with Crippen LogP contribution in [0.4, 0.5) is 0 Å². The van der Waals surface area contributed by atoms with Gasteiger partial charge in [0.05, 0.1) is 19.8 Å². The fourth-order valence-corrected chi connectivity index (χ4v) is 4.28. The van der Waals surface area contributed by atoms with Crippen LogP contribution in [-0.2, 0) is 28.4 Å². The average Bonchev–Trinajstić information content (AvgIpc) is 2.90. The molecule has 3 aliphatic rings. The number of hydrogen-bond donors (Lipinski definition) is 11. The van der Waals surface area contributed by atoms with Crippen LogP contribution < -0.4 is 5.43 Å². The normalized spacial score (nSPS) is 47.5. The Bertz CT molecular complexity index is 738. The molecule has 0 aromatic heterocycles. The highest BCUT2D eigenvalue weighted by atomic mass is 16.8. The Morgan fingerprint density at radius 1 is 0.641 bits per heavy atom. The molecule has 0 saturated carbocycles. The molecule has 3 heterocycles. The number of hydroxylamine groups is 1. The largest absolute Gasteiger partial charge is 0.772 e. The van der Waals surface area contributed by atoms with E-state index in [-0.39, 0.29) is 0 Å². The molecule has 0 amide bonds. The van der Waals surface area contributed by atoms with Crippen molar-refractivity contribution in [1.29, 1.82) is 0 Å². The Labute approximate surface area is 221 Å². The van der Waals surface area contributed by atoms with Crippen LogP contribution in [0.25, 0.3) is 0 Å². The van der Waals surface area contributed by atoms with Gasteiger partial charge in [0.1, 0.15) is 80.0 Å². The van der Waals surface area contributed by atoms with Gasteiger partial charge in [-0.25, -0.2) is 5.43 Å². The van der Waals surface area contributed by atoms with Crippen molar-refractivity contribution in [1.82, 2.24) is 10.6 Å². The summed E-state index contributed by atoms with van der Waals surface area (Å²) in [5.74, 6) is 0. The summed E-state index contributed by atoms with van der Waals surface area (Å²) in [5.41, 5.74) is 2.22. The first kappa shape index (κ1) is 32.8. The fraction of sp³-hybridized carbons (Fsp3) is 1.00. The first-order valence-corrected chi connectivity index (χ1v) is 12.1. The van der Waals surface area contributed by atoms with Crippen molar-refractivity contribution in [2.75, 3.05) is 33.6 Å². The monoisotopic (exact) mass is 577 g/mol. The Morgan fingerprint density at radius 2 is 1.13 bits per heavy atom. The van der Waals surface area contributed by atoms with Gasteiger partial charge in [-0.3, -0.25) is 0 Å². The van der Waals surface area contributed by atoms with Gasteiger partial charge in [0, 0.05) is 0 Å². The summed E-state index contributed by atoms with van der Waals surface area (Å²) in [4.78, 5) is 0. The molecule has 0 bridgehead atoms. The van der Waals surface area contributed by atoms with Gasteiger partial charge in [-0.1, -0.05) is 0 Å². The number of hydrogen-bond acceptors (Lipinski definition) is 19. The van der Waals surface area contributed by atoms with Crippen molar-refractivity contribution in [2.24, 2.45) is 0 Å². The maximum atomic E-state index is 11.0. The van der Waals surface area contributed by atoms with E-state index in [2.05, 4.69) is 5.43 Å². The summed E-state index contributed by atoms with van der Waals surface area (Å²) in [5, 5.41) is 112. The summed E-state index contributed by atoms with van der Waals surface area (Å²) in [6.07, 6.45) is -24.8. The van der Waals surface area contributed by atoms with E-state index in [9.17, 15) is 56.3 Å². The lowest BCUT2D eigenvalue weighted by Gasteiger charge is -2.46. The van der Waals surface area contributed by atoms with Crippen molar-refractivity contribution >= 4 is 0 Å². The number of aliphatic hydroxyl groups is 10. The number of hydrazine groups is 1. The van der Waals surface area contributed by atoms with E-state index in [1.807, 2.05) is 0 Å². The molecule has 3 rings (SSSR count). The Hall–Kier alpha value is -0.760.